The Morgan fingerprint density at radius 1 is 0.923 bits per heavy atom. The Balaban J connectivity index is 1.75. The van der Waals surface area contributed by atoms with Gasteiger partial charge in [0, 0.05) is 5.69 Å². The molecule has 0 radical (unpaired) electrons. The first-order valence-electron chi connectivity index (χ1n) is 8.38. The second-order valence-electron chi connectivity index (χ2n) is 6.83. The van der Waals surface area contributed by atoms with Crippen molar-refractivity contribution in [3.05, 3.63) is 67.3 Å². The predicted octanol–water partition coefficient (Wildman–Crippen LogP) is 3.09. The molecule has 1 saturated heterocycles. The van der Waals surface area contributed by atoms with Crippen LogP contribution in [-0.2, 0) is 9.59 Å². The molecule has 1 atom stereocenters. The van der Waals surface area contributed by atoms with Gasteiger partial charge in [0.1, 0.15) is 18.1 Å². The van der Waals surface area contributed by atoms with E-state index in [0.717, 1.165) is 11.1 Å². The molecule has 6 nitrogen and oxygen atoms in total. The highest BCUT2D eigenvalue weighted by Crippen LogP contribution is 2.40. The summed E-state index contributed by atoms with van der Waals surface area (Å²) >= 11 is 0. The van der Waals surface area contributed by atoms with Crippen LogP contribution in [0.15, 0.2) is 67.3 Å². The van der Waals surface area contributed by atoms with Crippen LogP contribution in [0.5, 0.6) is 0 Å². The van der Waals surface area contributed by atoms with Crippen LogP contribution in [0.4, 0.5) is 5.69 Å². The number of benzene rings is 2. The number of hydrogen-bond acceptors (Lipinski definition) is 4. The molecule has 3 aromatic rings. The van der Waals surface area contributed by atoms with Gasteiger partial charge < -0.3 is 0 Å². The first-order chi connectivity index (χ1) is 12.5. The van der Waals surface area contributed by atoms with E-state index in [9.17, 15) is 9.59 Å². The highest BCUT2D eigenvalue weighted by Gasteiger charge is 2.55. The molecular weight excluding hydrogens is 328 g/mol. The van der Waals surface area contributed by atoms with Gasteiger partial charge in [-0.25, -0.2) is 9.67 Å². The average molecular weight is 346 g/mol. The number of ketones is 1. The fourth-order valence-electron chi connectivity index (χ4n) is 3.24. The van der Waals surface area contributed by atoms with Gasteiger partial charge in [-0.05, 0) is 37.1 Å². The molecular formula is C20H18N4O2. The minimum atomic E-state index is -1.10. The lowest BCUT2D eigenvalue weighted by molar-refractivity contribution is -0.133. The van der Waals surface area contributed by atoms with Crippen LogP contribution in [0.3, 0.4) is 0 Å². The quantitative estimate of drug-likeness (QED) is 0.684. The van der Waals surface area contributed by atoms with Gasteiger partial charge in [-0.1, -0.05) is 42.5 Å². The van der Waals surface area contributed by atoms with Crippen LogP contribution < -0.4 is 4.90 Å². The predicted molar refractivity (Wildman–Crippen MR) is 97.2 cm³/mol. The molecule has 1 amide bonds. The molecule has 1 fully saturated rings. The molecule has 0 aliphatic carbocycles. The van der Waals surface area contributed by atoms with E-state index in [1.165, 1.54) is 22.2 Å². The molecule has 1 unspecified atom stereocenters. The van der Waals surface area contributed by atoms with Crippen LogP contribution >= 0.6 is 0 Å². The minimum Gasteiger partial charge on any atom is -0.294 e. The molecule has 130 valence electrons. The lowest BCUT2D eigenvalue weighted by Crippen LogP contribution is -2.34. The summed E-state index contributed by atoms with van der Waals surface area (Å²) in [6.07, 6.45) is 2.00. The van der Waals surface area contributed by atoms with E-state index >= 15 is 0 Å². The minimum absolute atomic E-state index is 0.194. The lowest BCUT2D eigenvalue weighted by Gasteiger charge is -2.23. The number of carbonyl (C=O) groups is 2. The van der Waals surface area contributed by atoms with Crippen LogP contribution in [0.1, 0.15) is 20.0 Å². The Morgan fingerprint density at radius 2 is 1.58 bits per heavy atom. The number of amides is 1. The Labute approximate surface area is 151 Å². The fourth-order valence-corrected chi connectivity index (χ4v) is 3.24. The van der Waals surface area contributed by atoms with Crippen LogP contribution in [0.25, 0.3) is 11.1 Å². The monoisotopic (exact) mass is 346 g/mol. The molecule has 2 aromatic carbocycles. The van der Waals surface area contributed by atoms with Crippen molar-refractivity contribution in [2.24, 2.45) is 5.41 Å². The van der Waals surface area contributed by atoms with Crippen molar-refractivity contribution < 1.29 is 9.59 Å². The van der Waals surface area contributed by atoms with E-state index in [4.69, 9.17) is 0 Å². The molecule has 0 saturated carbocycles. The zero-order valence-electron chi connectivity index (χ0n) is 14.5. The second-order valence-corrected chi connectivity index (χ2v) is 6.83. The van der Waals surface area contributed by atoms with E-state index in [1.807, 2.05) is 54.6 Å². The summed E-state index contributed by atoms with van der Waals surface area (Å²) in [5, 5.41) is 4.08. The topological polar surface area (TPSA) is 68.1 Å². The van der Waals surface area contributed by atoms with Crippen LogP contribution in [0, 0.1) is 5.41 Å². The highest BCUT2D eigenvalue weighted by atomic mass is 16.2. The molecule has 2 heterocycles. The first kappa shape index (κ1) is 16.2. The Kier molecular flexibility index (Phi) is 3.68. The molecule has 1 aliphatic rings. The van der Waals surface area contributed by atoms with Crippen LogP contribution in [0.2, 0.25) is 0 Å². The van der Waals surface area contributed by atoms with Crippen molar-refractivity contribution in [2.75, 3.05) is 4.90 Å². The van der Waals surface area contributed by atoms with Gasteiger partial charge in [0.15, 0.2) is 11.9 Å². The zero-order chi connectivity index (χ0) is 18.3. The van der Waals surface area contributed by atoms with Gasteiger partial charge >= 0.3 is 0 Å². The summed E-state index contributed by atoms with van der Waals surface area (Å²) in [6.45, 7) is 3.31. The maximum Gasteiger partial charge on any atom is 0.242 e. The molecule has 6 heteroatoms. The summed E-state index contributed by atoms with van der Waals surface area (Å²) in [4.78, 5) is 31.2. The summed E-state index contributed by atoms with van der Waals surface area (Å²) in [7, 11) is 0. The summed E-state index contributed by atoms with van der Waals surface area (Å²) in [5.41, 5.74) is 1.70. The van der Waals surface area contributed by atoms with E-state index in [-0.39, 0.29) is 11.7 Å². The number of anilines is 1. The SMILES string of the molecule is CC1(C)C(=O)C(n2cncn2)N(c2ccc(-c3ccccc3)cc2)C1=O. The van der Waals surface area contributed by atoms with Crippen molar-refractivity contribution in [1.82, 2.24) is 14.8 Å². The third-order valence-corrected chi connectivity index (χ3v) is 4.79. The Morgan fingerprint density at radius 3 is 2.19 bits per heavy atom. The molecule has 0 spiro atoms. The summed E-state index contributed by atoms with van der Waals surface area (Å²) in [5.74, 6) is -0.435. The smallest absolute Gasteiger partial charge is 0.242 e. The second kappa shape index (κ2) is 5.91. The molecule has 0 N–H and O–H groups in total. The Hall–Kier alpha value is -3.28. The van der Waals surface area contributed by atoms with Crippen molar-refractivity contribution in [3.63, 3.8) is 0 Å². The van der Waals surface area contributed by atoms with E-state index < -0.39 is 11.6 Å². The normalized spacial score (nSPS) is 19.2. The number of aromatic nitrogens is 3. The van der Waals surface area contributed by atoms with E-state index in [2.05, 4.69) is 10.1 Å². The number of rotatable bonds is 3. The van der Waals surface area contributed by atoms with Gasteiger partial charge in [-0.15, -0.1) is 0 Å². The number of Topliss-reactive ketones (excluding diaryl/α,β-unsaturated/α-hetero) is 1. The van der Waals surface area contributed by atoms with Crippen molar-refractivity contribution >= 4 is 17.4 Å². The average Bonchev–Trinajstić information content (AvgIpc) is 3.25. The van der Waals surface area contributed by atoms with Gasteiger partial charge in [0.05, 0.1) is 0 Å². The maximum absolute atomic E-state index is 12.9. The lowest BCUT2D eigenvalue weighted by atomic mass is 9.90. The first-order valence-corrected chi connectivity index (χ1v) is 8.38. The van der Waals surface area contributed by atoms with Gasteiger partial charge in [-0.3, -0.25) is 14.5 Å². The van der Waals surface area contributed by atoms with Crippen molar-refractivity contribution in [1.29, 1.82) is 0 Å². The number of carbonyl (C=O) groups excluding carboxylic acids is 2. The zero-order valence-corrected chi connectivity index (χ0v) is 14.5. The largest absolute Gasteiger partial charge is 0.294 e. The van der Waals surface area contributed by atoms with Gasteiger partial charge in [-0.2, -0.15) is 5.10 Å². The van der Waals surface area contributed by atoms with E-state index in [0.29, 0.717) is 5.69 Å². The molecule has 1 aliphatic heterocycles. The van der Waals surface area contributed by atoms with Crippen molar-refractivity contribution in [3.8, 4) is 11.1 Å². The maximum atomic E-state index is 12.9. The molecule has 26 heavy (non-hydrogen) atoms. The van der Waals surface area contributed by atoms with E-state index in [1.54, 1.807) is 13.8 Å². The molecule has 1 aromatic heterocycles. The third kappa shape index (κ3) is 2.42. The standard InChI is InChI=1S/C20H18N4O2/c1-20(2)17(25)18(23-13-21-12-22-23)24(19(20)26)16-10-8-15(9-11-16)14-6-4-3-5-7-14/h3-13,18H,1-2H3. The van der Waals surface area contributed by atoms with Gasteiger partial charge in [0.2, 0.25) is 5.91 Å². The highest BCUT2D eigenvalue weighted by molar-refractivity contribution is 6.21. The Bertz CT molecular complexity index is 947. The molecule has 0 bridgehead atoms. The van der Waals surface area contributed by atoms with Gasteiger partial charge in [0.25, 0.3) is 0 Å². The summed E-state index contributed by atoms with van der Waals surface area (Å²) in [6, 6.07) is 17.6. The third-order valence-electron chi connectivity index (χ3n) is 4.79. The number of hydrogen-bond donors (Lipinski definition) is 0. The van der Waals surface area contributed by atoms with Crippen LogP contribution in [-0.4, -0.2) is 26.5 Å². The molecule has 4 rings (SSSR count). The van der Waals surface area contributed by atoms with Crippen molar-refractivity contribution in [2.45, 2.75) is 20.0 Å². The number of nitrogens with zero attached hydrogens (tertiary/aromatic N) is 4. The fraction of sp³-hybridized carbons (Fsp3) is 0.200. The summed E-state index contributed by atoms with van der Waals surface area (Å²) < 4.78 is 1.43.